The van der Waals surface area contributed by atoms with Crippen molar-refractivity contribution in [1.82, 2.24) is 5.32 Å². The first-order chi connectivity index (χ1) is 12.4. The molecule has 1 amide bonds. The molecular weight excluding hydrogens is 368 g/mol. The van der Waals surface area contributed by atoms with Gasteiger partial charge in [-0.1, -0.05) is 6.92 Å². The van der Waals surface area contributed by atoms with Crippen molar-refractivity contribution in [1.29, 1.82) is 0 Å². The fourth-order valence-corrected chi connectivity index (χ4v) is 3.86. The van der Waals surface area contributed by atoms with Gasteiger partial charge in [0.25, 0.3) is 11.6 Å². The monoisotopic (exact) mass is 396 g/mol. The minimum Gasteiger partial charge on any atom is -0.366 e. The normalized spacial score (nSPS) is 23.4. The van der Waals surface area contributed by atoms with Gasteiger partial charge in [0.05, 0.1) is 4.92 Å². The molecule has 1 saturated heterocycles. The topological polar surface area (TPSA) is 102 Å². The minimum absolute atomic E-state index is 0. The van der Waals surface area contributed by atoms with Crippen LogP contribution in [0.1, 0.15) is 55.8 Å². The number of carbonyl (C=O) groups is 1. The lowest BCUT2D eigenvalue weighted by molar-refractivity contribution is -0.384. The Labute approximate surface area is 166 Å². The maximum absolute atomic E-state index is 12.5. The summed E-state index contributed by atoms with van der Waals surface area (Å²) < 4.78 is 0. The van der Waals surface area contributed by atoms with E-state index in [1.54, 1.807) is 12.1 Å². The van der Waals surface area contributed by atoms with E-state index in [1.807, 2.05) is 0 Å². The van der Waals surface area contributed by atoms with Crippen LogP contribution in [0.25, 0.3) is 0 Å². The summed E-state index contributed by atoms with van der Waals surface area (Å²) in [5.41, 5.74) is 6.87. The van der Waals surface area contributed by atoms with Crippen molar-refractivity contribution in [3.63, 3.8) is 0 Å². The van der Waals surface area contributed by atoms with Crippen LogP contribution in [0, 0.1) is 16.0 Å². The van der Waals surface area contributed by atoms with Crippen molar-refractivity contribution < 1.29 is 9.72 Å². The predicted octanol–water partition coefficient (Wildman–Crippen LogP) is 3.25. The van der Waals surface area contributed by atoms with Gasteiger partial charge in [-0.25, -0.2) is 0 Å². The Morgan fingerprint density at radius 2 is 1.81 bits per heavy atom. The van der Waals surface area contributed by atoms with E-state index in [2.05, 4.69) is 17.1 Å². The highest BCUT2D eigenvalue weighted by Gasteiger charge is 2.26. The summed E-state index contributed by atoms with van der Waals surface area (Å²) in [6, 6.07) is 5.15. The number of hydrogen-bond acceptors (Lipinski definition) is 5. The van der Waals surface area contributed by atoms with Crippen LogP contribution in [0.3, 0.4) is 0 Å². The largest absolute Gasteiger partial charge is 0.366 e. The van der Waals surface area contributed by atoms with E-state index in [1.165, 1.54) is 6.07 Å². The third kappa shape index (κ3) is 5.32. The molecule has 0 atom stereocenters. The van der Waals surface area contributed by atoms with Gasteiger partial charge in [-0.2, -0.15) is 0 Å². The number of halogens is 1. The Morgan fingerprint density at radius 3 is 2.41 bits per heavy atom. The Balaban J connectivity index is 0.00000261. The maximum atomic E-state index is 12.5. The van der Waals surface area contributed by atoms with E-state index in [0.29, 0.717) is 17.2 Å². The SMILES string of the molecule is CC1CCN(c2ccc(C(=O)NC3CCC(N)CC3)cc2[N+](=O)[O-])CC1.Cl. The van der Waals surface area contributed by atoms with E-state index in [4.69, 9.17) is 5.73 Å². The molecule has 8 heteroatoms. The van der Waals surface area contributed by atoms with Gasteiger partial charge in [0.15, 0.2) is 0 Å². The first-order valence-corrected chi connectivity index (χ1v) is 9.54. The summed E-state index contributed by atoms with van der Waals surface area (Å²) in [5, 5.41) is 14.6. The average Bonchev–Trinajstić information content (AvgIpc) is 2.63. The lowest BCUT2D eigenvalue weighted by atomic mass is 9.91. The third-order valence-electron chi connectivity index (χ3n) is 5.67. The number of hydrogen-bond donors (Lipinski definition) is 2. The first-order valence-electron chi connectivity index (χ1n) is 9.54. The standard InChI is InChI=1S/C19H28N4O3.ClH/c1-13-8-10-22(11-9-13)17-7-2-14(12-18(17)23(25)26)19(24)21-16-5-3-15(20)4-6-16;/h2,7,12-13,15-16H,3-6,8-11,20H2,1H3,(H,21,24);1H. The highest BCUT2D eigenvalue weighted by molar-refractivity contribution is 5.96. The maximum Gasteiger partial charge on any atom is 0.293 e. The van der Waals surface area contributed by atoms with Gasteiger partial charge in [0.2, 0.25) is 0 Å². The molecule has 2 fully saturated rings. The molecule has 0 radical (unpaired) electrons. The van der Waals surface area contributed by atoms with Crippen molar-refractivity contribution in [2.45, 2.75) is 57.5 Å². The Hall–Kier alpha value is -1.86. The second-order valence-electron chi connectivity index (χ2n) is 7.72. The van der Waals surface area contributed by atoms with E-state index in [-0.39, 0.29) is 41.0 Å². The molecule has 3 N–H and O–H groups in total. The van der Waals surface area contributed by atoms with Crippen LogP contribution in [-0.4, -0.2) is 36.0 Å². The Morgan fingerprint density at radius 1 is 1.19 bits per heavy atom. The summed E-state index contributed by atoms with van der Waals surface area (Å²) in [6.07, 6.45) is 5.58. The first kappa shape index (κ1) is 21.4. The van der Waals surface area contributed by atoms with E-state index in [0.717, 1.165) is 51.6 Å². The summed E-state index contributed by atoms with van der Waals surface area (Å²) in [7, 11) is 0. The van der Waals surface area contributed by atoms with Crippen molar-refractivity contribution in [3.05, 3.63) is 33.9 Å². The summed E-state index contributed by atoms with van der Waals surface area (Å²) >= 11 is 0. The van der Waals surface area contributed by atoms with Crippen LogP contribution >= 0.6 is 12.4 Å². The molecular formula is C19H29ClN4O3. The summed E-state index contributed by atoms with van der Waals surface area (Å²) in [6.45, 7) is 3.84. The Bertz CT molecular complexity index is 669. The zero-order chi connectivity index (χ0) is 18.7. The van der Waals surface area contributed by atoms with Gasteiger partial charge in [-0.05, 0) is 56.6 Å². The molecule has 0 unspecified atom stereocenters. The highest BCUT2D eigenvalue weighted by Crippen LogP contribution is 2.32. The highest BCUT2D eigenvalue weighted by atomic mass is 35.5. The number of nitrogens with one attached hydrogen (secondary N) is 1. The number of piperidine rings is 1. The number of anilines is 1. The number of nitro groups is 1. The molecule has 150 valence electrons. The van der Waals surface area contributed by atoms with Crippen LogP contribution in [0.4, 0.5) is 11.4 Å². The van der Waals surface area contributed by atoms with E-state index < -0.39 is 0 Å². The van der Waals surface area contributed by atoms with Crippen LogP contribution in [0.15, 0.2) is 18.2 Å². The van der Waals surface area contributed by atoms with Crippen LogP contribution in [-0.2, 0) is 0 Å². The van der Waals surface area contributed by atoms with Gasteiger partial charge in [0.1, 0.15) is 5.69 Å². The molecule has 3 rings (SSSR count). The zero-order valence-corrected chi connectivity index (χ0v) is 16.5. The Kier molecular flexibility index (Phi) is 7.44. The van der Waals surface area contributed by atoms with Gasteiger partial charge >= 0.3 is 0 Å². The molecule has 2 aliphatic rings. The zero-order valence-electron chi connectivity index (χ0n) is 15.7. The number of nitrogens with two attached hydrogens (primary N) is 1. The smallest absolute Gasteiger partial charge is 0.293 e. The molecule has 1 aliphatic carbocycles. The van der Waals surface area contributed by atoms with Gasteiger partial charge < -0.3 is 16.0 Å². The summed E-state index contributed by atoms with van der Waals surface area (Å²) in [4.78, 5) is 25.8. The fourth-order valence-electron chi connectivity index (χ4n) is 3.86. The molecule has 1 aromatic rings. The molecule has 27 heavy (non-hydrogen) atoms. The number of nitro benzene ring substituents is 1. The van der Waals surface area contributed by atoms with Crippen LogP contribution < -0.4 is 16.0 Å². The van der Waals surface area contributed by atoms with Gasteiger partial charge in [0, 0.05) is 36.8 Å². The van der Waals surface area contributed by atoms with E-state index >= 15 is 0 Å². The molecule has 1 heterocycles. The van der Waals surface area contributed by atoms with Crippen LogP contribution in [0.2, 0.25) is 0 Å². The lowest BCUT2D eigenvalue weighted by Crippen LogP contribution is -2.40. The number of carbonyl (C=O) groups excluding carboxylic acids is 1. The van der Waals surface area contributed by atoms with Gasteiger partial charge in [-0.15, -0.1) is 12.4 Å². The number of amides is 1. The molecule has 0 spiro atoms. The molecule has 1 saturated carbocycles. The molecule has 1 aliphatic heterocycles. The lowest BCUT2D eigenvalue weighted by Gasteiger charge is -2.31. The van der Waals surface area contributed by atoms with Crippen molar-refractivity contribution in [2.24, 2.45) is 11.7 Å². The van der Waals surface area contributed by atoms with E-state index in [9.17, 15) is 14.9 Å². The predicted molar refractivity (Wildman–Crippen MR) is 109 cm³/mol. The number of rotatable bonds is 4. The quantitative estimate of drug-likeness (QED) is 0.600. The van der Waals surface area contributed by atoms with Gasteiger partial charge in [-0.3, -0.25) is 14.9 Å². The molecule has 0 bridgehead atoms. The number of benzene rings is 1. The minimum atomic E-state index is -0.385. The summed E-state index contributed by atoms with van der Waals surface area (Å²) in [5.74, 6) is 0.409. The third-order valence-corrected chi connectivity index (χ3v) is 5.67. The second kappa shape index (κ2) is 9.37. The number of nitrogens with zero attached hydrogens (tertiary/aromatic N) is 2. The van der Waals surface area contributed by atoms with Crippen molar-refractivity contribution >= 4 is 29.7 Å². The second-order valence-corrected chi connectivity index (χ2v) is 7.72. The molecule has 7 nitrogen and oxygen atoms in total. The average molecular weight is 397 g/mol. The fraction of sp³-hybridized carbons (Fsp3) is 0.632. The van der Waals surface area contributed by atoms with Crippen LogP contribution in [0.5, 0.6) is 0 Å². The van der Waals surface area contributed by atoms with Crippen molar-refractivity contribution in [2.75, 3.05) is 18.0 Å². The molecule has 0 aromatic heterocycles. The van der Waals surface area contributed by atoms with Crippen molar-refractivity contribution in [3.8, 4) is 0 Å². The molecule has 1 aromatic carbocycles.